The Labute approximate surface area is 137 Å². The van der Waals surface area contributed by atoms with Crippen molar-refractivity contribution >= 4 is 5.96 Å². The highest BCUT2D eigenvalue weighted by Crippen LogP contribution is 2.09. The molecule has 0 saturated carbocycles. The van der Waals surface area contributed by atoms with Gasteiger partial charge in [-0.3, -0.25) is 4.99 Å². The normalized spacial score (nSPS) is 17.5. The van der Waals surface area contributed by atoms with Gasteiger partial charge < -0.3 is 15.1 Å². The van der Waals surface area contributed by atoms with Crippen molar-refractivity contribution in [2.45, 2.75) is 45.4 Å². The predicted octanol–water partition coefficient (Wildman–Crippen LogP) is 2.97. The molecule has 0 aromatic heterocycles. The van der Waals surface area contributed by atoms with Crippen LogP contribution in [0.15, 0.2) is 17.6 Å². The molecule has 0 aliphatic carbocycles. The number of guanidine groups is 1. The highest BCUT2D eigenvalue weighted by atomic mass is 15.3. The van der Waals surface area contributed by atoms with Crippen LogP contribution in [0, 0.1) is 5.92 Å². The van der Waals surface area contributed by atoms with Crippen LogP contribution < -0.4 is 5.32 Å². The number of unbranched alkanes of at least 4 members (excludes halogenated alkanes) is 3. The lowest BCUT2D eigenvalue weighted by atomic mass is 10.1. The Kier molecular flexibility index (Phi) is 9.96. The Balaban J connectivity index is 2.18. The van der Waals surface area contributed by atoms with Gasteiger partial charge in [-0.05, 0) is 51.1 Å². The van der Waals surface area contributed by atoms with E-state index in [9.17, 15) is 0 Å². The summed E-state index contributed by atoms with van der Waals surface area (Å²) in [5.74, 6) is 1.69. The number of rotatable bonds is 10. The van der Waals surface area contributed by atoms with E-state index in [-0.39, 0.29) is 0 Å². The molecule has 1 atom stereocenters. The molecule has 1 rings (SSSR count). The minimum Gasteiger partial charge on any atom is -0.356 e. The average Bonchev–Trinajstić information content (AvgIpc) is 3.00. The molecular weight excluding hydrogens is 272 g/mol. The van der Waals surface area contributed by atoms with E-state index in [4.69, 9.17) is 0 Å². The van der Waals surface area contributed by atoms with Gasteiger partial charge in [-0.1, -0.05) is 19.4 Å². The van der Waals surface area contributed by atoms with Crippen LogP contribution in [0.2, 0.25) is 0 Å². The summed E-state index contributed by atoms with van der Waals surface area (Å²) in [4.78, 5) is 9.24. The molecule has 4 nitrogen and oxygen atoms in total. The van der Waals surface area contributed by atoms with Gasteiger partial charge in [0.15, 0.2) is 5.96 Å². The van der Waals surface area contributed by atoms with E-state index in [2.05, 4.69) is 40.7 Å². The molecule has 1 heterocycles. The van der Waals surface area contributed by atoms with Crippen LogP contribution in [-0.4, -0.2) is 62.6 Å². The Hall–Kier alpha value is -1.03. The Morgan fingerprint density at radius 2 is 2.05 bits per heavy atom. The van der Waals surface area contributed by atoms with Gasteiger partial charge in [-0.25, -0.2) is 0 Å². The third kappa shape index (κ3) is 7.83. The van der Waals surface area contributed by atoms with Crippen molar-refractivity contribution < 1.29 is 0 Å². The quantitative estimate of drug-likeness (QED) is 0.291. The predicted molar refractivity (Wildman–Crippen MR) is 97.5 cm³/mol. The molecule has 0 amide bonds. The molecule has 1 saturated heterocycles. The van der Waals surface area contributed by atoms with E-state index in [0.717, 1.165) is 25.5 Å². The van der Waals surface area contributed by atoms with Crippen LogP contribution >= 0.6 is 0 Å². The van der Waals surface area contributed by atoms with Crippen LogP contribution in [0.4, 0.5) is 0 Å². The van der Waals surface area contributed by atoms with Crippen molar-refractivity contribution in [1.29, 1.82) is 0 Å². The maximum atomic E-state index is 4.41. The number of nitrogens with one attached hydrogen (secondary N) is 1. The van der Waals surface area contributed by atoms with E-state index < -0.39 is 0 Å². The monoisotopic (exact) mass is 308 g/mol. The highest BCUT2D eigenvalue weighted by molar-refractivity contribution is 5.79. The first-order valence-corrected chi connectivity index (χ1v) is 8.92. The molecule has 0 aromatic rings. The fourth-order valence-electron chi connectivity index (χ4n) is 3.04. The largest absolute Gasteiger partial charge is 0.356 e. The van der Waals surface area contributed by atoms with Crippen LogP contribution in [0.5, 0.6) is 0 Å². The number of hydrogen-bond donors (Lipinski definition) is 1. The average molecular weight is 309 g/mol. The number of hydrogen-bond acceptors (Lipinski definition) is 2. The summed E-state index contributed by atoms with van der Waals surface area (Å²) < 4.78 is 0. The molecular formula is C18H36N4. The fourth-order valence-corrected chi connectivity index (χ4v) is 3.04. The second-order valence-electron chi connectivity index (χ2n) is 6.60. The van der Waals surface area contributed by atoms with Gasteiger partial charge in [0.2, 0.25) is 0 Å². The number of aliphatic imine (C=N–C) groups is 1. The minimum absolute atomic E-state index is 0.663. The summed E-state index contributed by atoms with van der Waals surface area (Å²) in [7, 11) is 4.01. The molecule has 0 spiro atoms. The molecule has 4 heteroatoms. The van der Waals surface area contributed by atoms with Crippen LogP contribution in [0.3, 0.4) is 0 Å². The molecule has 0 aromatic carbocycles. The Morgan fingerprint density at radius 1 is 1.32 bits per heavy atom. The first kappa shape index (κ1) is 19.0. The lowest BCUT2D eigenvalue weighted by Crippen LogP contribution is -2.42. The lowest BCUT2D eigenvalue weighted by molar-refractivity contribution is 0.286. The first-order chi connectivity index (χ1) is 10.7. The minimum atomic E-state index is 0.663. The van der Waals surface area contributed by atoms with Gasteiger partial charge in [-0.2, -0.15) is 0 Å². The van der Waals surface area contributed by atoms with Crippen molar-refractivity contribution in [2.24, 2.45) is 10.9 Å². The summed E-state index contributed by atoms with van der Waals surface area (Å²) in [6, 6.07) is 0. The van der Waals surface area contributed by atoms with Crippen LogP contribution in [-0.2, 0) is 0 Å². The molecule has 0 bridgehead atoms. The summed E-state index contributed by atoms with van der Waals surface area (Å²) in [5.41, 5.74) is 0. The number of nitrogens with zero attached hydrogens (tertiary/aromatic N) is 3. The second kappa shape index (κ2) is 11.5. The summed E-state index contributed by atoms with van der Waals surface area (Å²) in [5, 5.41) is 3.53. The molecule has 128 valence electrons. The third-order valence-electron chi connectivity index (χ3n) is 4.35. The molecule has 1 fully saturated rings. The number of allylic oxidation sites excluding steroid dienone is 1. The Morgan fingerprint density at radius 3 is 2.68 bits per heavy atom. The lowest BCUT2D eigenvalue weighted by Gasteiger charge is -2.25. The van der Waals surface area contributed by atoms with Crippen LogP contribution in [0.25, 0.3) is 0 Å². The van der Waals surface area contributed by atoms with E-state index >= 15 is 0 Å². The van der Waals surface area contributed by atoms with Gasteiger partial charge in [0, 0.05) is 33.7 Å². The zero-order valence-corrected chi connectivity index (χ0v) is 15.0. The van der Waals surface area contributed by atoms with Crippen molar-refractivity contribution in [3.05, 3.63) is 12.7 Å². The van der Waals surface area contributed by atoms with Gasteiger partial charge in [0.25, 0.3) is 0 Å². The third-order valence-corrected chi connectivity index (χ3v) is 4.35. The first-order valence-electron chi connectivity index (χ1n) is 8.92. The van der Waals surface area contributed by atoms with Gasteiger partial charge in [0.1, 0.15) is 0 Å². The zero-order chi connectivity index (χ0) is 16.2. The van der Waals surface area contributed by atoms with E-state index in [1.807, 2.05) is 13.1 Å². The van der Waals surface area contributed by atoms with E-state index in [1.54, 1.807) is 0 Å². The van der Waals surface area contributed by atoms with Crippen molar-refractivity contribution in [3.63, 3.8) is 0 Å². The topological polar surface area (TPSA) is 30.9 Å². The van der Waals surface area contributed by atoms with Gasteiger partial charge >= 0.3 is 0 Å². The van der Waals surface area contributed by atoms with Crippen molar-refractivity contribution in [3.8, 4) is 0 Å². The summed E-state index contributed by atoms with van der Waals surface area (Å²) in [6.45, 7) is 11.9. The second-order valence-corrected chi connectivity index (χ2v) is 6.60. The van der Waals surface area contributed by atoms with E-state index in [1.165, 1.54) is 51.7 Å². The van der Waals surface area contributed by atoms with Gasteiger partial charge in [0.05, 0.1) is 0 Å². The van der Waals surface area contributed by atoms with Crippen molar-refractivity contribution in [2.75, 3.05) is 46.8 Å². The maximum Gasteiger partial charge on any atom is 0.193 e. The van der Waals surface area contributed by atoms with Crippen LogP contribution in [0.1, 0.15) is 45.4 Å². The molecule has 1 aliphatic rings. The summed E-state index contributed by atoms with van der Waals surface area (Å²) in [6.07, 6.45) is 9.60. The summed E-state index contributed by atoms with van der Waals surface area (Å²) >= 11 is 0. The highest BCUT2D eigenvalue weighted by Gasteiger charge is 2.15. The van der Waals surface area contributed by atoms with Crippen molar-refractivity contribution in [1.82, 2.24) is 15.1 Å². The Bertz CT molecular complexity index is 321. The maximum absolute atomic E-state index is 4.41. The van der Waals surface area contributed by atoms with E-state index in [0.29, 0.717) is 5.92 Å². The molecule has 1 unspecified atom stereocenters. The zero-order valence-electron chi connectivity index (χ0n) is 15.0. The smallest absolute Gasteiger partial charge is 0.193 e. The SMILES string of the molecule is C=CCCCCCN(C)C(=NC)NCC(C)CN1CCCC1. The van der Waals surface area contributed by atoms with Gasteiger partial charge in [-0.15, -0.1) is 6.58 Å². The molecule has 0 radical (unpaired) electrons. The molecule has 1 N–H and O–H groups in total. The molecule has 1 aliphatic heterocycles. The fraction of sp³-hybridized carbons (Fsp3) is 0.833. The molecule has 22 heavy (non-hydrogen) atoms. The standard InChI is InChI=1S/C18H36N4/c1-5-6-7-8-9-12-21(4)18(19-3)20-15-17(2)16-22-13-10-11-14-22/h5,17H,1,6-16H2,2-4H3,(H,19,20). The number of likely N-dealkylation sites (tertiary alicyclic amines) is 1.